The van der Waals surface area contributed by atoms with Crippen LogP contribution in [0.1, 0.15) is 11.6 Å². The van der Waals surface area contributed by atoms with Gasteiger partial charge in [-0.15, -0.1) is 0 Å². The summed E-state index contributed by atoms with van der Waals surface area (Å²) in [5, 5.41) is 0. The van der Waals surface area contributed by atoms with E-state index in [0.29, 0.717) is 25.4 Å². The zero-order valence-corrected chi connectivity index (χ0v) is 19.9. The van der Waals surface area contributed by atoms with Crippen LogP contribution in [0.2, 0.25) is 0 Å². The monoisotopic (exact) mass is 495 g/mol. The fourth-order valence-electron chi connectivity index (χ4n) is 4.59. The van der Waals surface area contributed by atoms with Crippen LogP contribution in [0.5, 0.6) is 5.75 Å². The Morgan fingerprint density at radius 3 is 2.37 bits per heavy atom. The maximum absolute atomic E-state index is 13.6. The molecule has 2 heterocycles. The summed E-state index contributed by atoms with van der Waals surface area (Å²) >= 11 is 0. The second-order valence-electron chi connectivity index (χ2n) is 8.61. The SMILES string of the molecule is O=C(CN1CCN(S(=O)(=O)c2cccc(F)c2)CC1)N1c2ccccc2OCC1c1ccccc1. The predicted octanol–water partition coefficient (Wildman–Crippen LogP) is 3.30. The van der Waals surface area contributed by atoms with Crippen molar-refractivity contribution in [1.29, 1.82) is 0 Å². The Morgan fingerprint density at radius 2 is 1.63 bits per heavy atom. The lowest BCUT2D eigenvalue weighted by molar-refractivity contribution is -0.121. The molecular weight excluding hydrogens is 469 g/mol. The van der Waals surface area contributed by atoms with Crippen molar-refractivity contribution in [3.63, 3.8) is 0 Å². The van der Waals surface area contributed by atoms with Gasteiger partial charge in [0.25, 0.3) is 0 Å². The zero-order valence-electron chi connectivity index (χ0n) is 19.1. The molecule has 1 atom stereocenters. The first kappa shape index (κ1) is 23.5. The van der Waals surface area contributed by atoms with Gasteiger partial charge < -0.3 is 4.74 Å². The minimum Gasteiger partial charge on any atom is -0.489 e. The number of amides is 1. The van der Waals surface area contributed by atoms with Gasteiger partial charge in [-0.05, 0) is 35.9 Å². The van der Waals surface area contributed by atoms with E-state index < -0.39 is 15.8 Å². The van der Waals surface area contributed by atoms with Gasteiger partial charge in [0.2, 0.25) is 15.9 Å². The molecule has 0 spiro atoms. The van der Waals surface area contributed by atoms with E-state index >= 15 is 0 Å². The van der Waals surface area contributed by atoms with Crippen LogP contribution in [0, 0.1) is 5.82 Å². The Balaban J connectivity index is 1.30. The number of rotatable bonds is 5. The van der Waals surface area contributed by atoms with Crippen LogP contribution in [0.15, 0.2) is 83.8 Å². The van der Waals surface area contributed by atoms with E-state index in [9.17, 15) is 17.6 Å². The molecule has 9 heteroatoms. The van der Waals surface area contributed by atoms with Gasteiger partial charge in [-0.3, -0.25) is 14.6 Å². The molecule has 1 unspecified atom stereocenters. The van der Waals surface area contributed by atoms with Gasteiger partial charge in [-0.1, -0.05) is 48.5 Å². The van der Waals surface area contributed by atoms with Crippen molar-refractivity contribution in [2.45, 2.75) is 10.9 Å². The summed E-state index contributed by atoms with van der Waals surface area (Å²) in [5.41, 5.74) is 1.71. The Labute approximate surface area is 204 Å². The third-order valence-corrected chi connectivity index (χ3v) is 8.30. The van der Waals surface area contributed by atoms with Crippen molar-refractivity contribution in [2.24, 2.45) is 0 Å². The normalized spacial score (nSPS) is 19.1. The molecule has 2 aliphatic rings. The average Bonchev–Trinajstić information content (AvgIpc) is 2.89. The third kappa shape index (κ3) is 4.80. The number of hydrogen-bond donors (Lipinski definition) is 0. The number of halogens is 1. The van der Waals surface area contributed by atoms with Crippen molar-refractivity contribution in [3.8, 4) is 5.75 Å². The van der Waals surface area contributed by atoms with Crippen LogP contribution in [-0.2, 0) is 14.8 Å². The molecule has 0 saturated carbocycles. The molecule has 1 saturated heterocycles. The summed E-state index contributed by atoms with van der Waals surface area (Å²) in [6, 6.07) is 22.1. The molecular formula is C26H26FN3O4S. The number of fused-ring (bicyclic) bond motifs is 1. The standard InChI is InChI=1S/C26H26FN3O4S/c27-21-9-6-10-22(17-21)35(32,33)29-15-13-28(14-16-29)18-26(31)30-23-11-4-5-12-25(23)34-19-24(30)20-7-2-1-3-8-20/h1-12,17,24H,13-16,18-19H2. The number of anilines is 1. The molecule has 1 amide bonds. The fraction of sp³-hybridized carbons (Fsp3) is 0.269. The average molecular weight is 496 g/mol. The van der Waals surface area contributed by atoms with Gasteiger partial charge >= 0.3 is 0 Å². The largest absolute Gasteiger partial charge is 0.489 e. The molecule has 0 aromatic heterocycles. The highest BCUT2D eigenvalue weighted by Gasteiger charge is 2.35. The lowest BCUT2D eigenvalue weighted by Gasteiger charge is -2.39. The highest BCUT2D eigenvalue weighted by Crippen LogP contribution is 2.39. The lowest BCUT2D eigenvalue weighted by Crippen LogP contribution is -2.52. The number of para-hydroxylation sites is 2. The minimum atomic E-state index is -3.79. The van der Waals surface area contributed by atoms with Crippen molar-refractivity contribution < 1.29 is 22.3 Å². The fourth-order valence-corrected chi connectivity index (χ4v) is 6.04. The van der Waals surface area contributed by atoms with Crippen LogP contribution in [0.3, 0.4) is 0 Å². The summed E-state index contributed by atoms with van der Waals surface area (Å²) < 4.78 is 46.7. The topological polar surface area (TPSA) is 70.2 Å². The van der Waals surface area contributed by atoms with Crippen LogP contribution in [0.4, 0.5) is 10.1 Å². The van der Waals surface area contributed by atoms with E-state index in [1.807, 2.05) is 59.5 Å². The van der Waals surface area contributed by atoms with E-state index in [-0.39, 0.29) is 36.5 Å². The lowest BCUT2D eigenvalue weighted by atomic mass is 10.0. The molecule has 182 valence electrons. The van der Waals surface area contributed by atoms with E-state index in [4.69, 9.17) is 4.74 Å². The van der Waals surface area contributed by atoms with Crippen molar-refractivity contribution >= 4 is 21.6 Å². The molecule has 3 aromatic carbocycles. The van der Waals surface area contributed by atoms with Gasteiger partial charge in [-0.2, -0.15) is 4.31 Å². The number of benzene rings is 3. The number of ether oxygens (including phenoxy) is 1. The molecule has 0 aliphatic carbocycles. The van der Waals surface area contributed by atoms with E-state index in [2.05, 4.69) is 0 Å². The summed E-state index contributed by atoms with van der Waals surface area (Å²) in [7, 11) is -3.79. The zero-order chi connectivity index (χ0) is 24.4. The molecule has 0 radical (unpaired) electrons. The molecule has 0 bridgehead atoms. The van der Waals surface area contributed by atoms with E-state index in [0.717, 1.165) is 17.3 Å². The quantitative estimate of drug-likeness (QED) is 0.543. The first-order valence-corrected chi connectivity index (χ1v) is 12.9. The smallest absolute Gasteiger partial charge is 0.243 e. The van der Waals surface area contributed by atoms with Gasteiger partial charge in [0, 0.05) is 26.2 Å². The van der Waals surface area contributed by atoms with Gasteiger partial charge in [-0.25, -0.2) is 12.8 Å². The van der Waals surface area contributed by atoms with Gasteiger partial charge in [0.05, 0.1) is 23.2 Å². The van der Waals surface area contributed by atoms with Crippen molar-refractivity contribution in [3.05, 3.63) is 90.2 Å². The Bertz CT molecular complexity index is 1310. The molecule has 5 rings (SSSR count). The molecule has 35 heavy (non-hydrogen) atoms. The second-order valence-corrected chi connectivity index (χ2v) is 10.5. The highest BCUT2D eigenvalue weighted by atomic mass is 32.2. The predicted molar refractivity (Wildman–Crippen MR) is 130 cm³/mol. The summed E-state index contributed by atoms with van der Waals surface area (Å²) in [6.45, 7) is 1.78. The van der Waals surface area contributed by atoms with Crippen LogP contribution >= 0.6 is 0 Å². The third-order valence-electron chi connectivity index (χ3n) is 6.41. The van der Waals surface area contributed by atoms with Crippen LogP contribution < -0.4 is 9.64 Å². The molecule has 2 aliphatic heterocycles. The second kappa shape index (κ2) is 9.77. The Hall–Kier alpha value is -3.27. The highest BCUT2D eigenvalue weighted by molar-refractivity contribution is 7.89. The first-order chi connectivity index (χ1) is 16.9. The van der Waals surface area contributed by atoms with E-state index in [1.165, 1.54) is 22.5 Å². The summed E-state index contributed by atoms with van der Waals surface area (Å²) in [6.07, 6.45) is 0. The number of nitrogens with zero attached hydrogens (tertiary/aromatic N) is 3. The Kier molecular flexibility index (Phi) is 6.55. The molecule has 1 fully saturated rings. The summed E-state index contributed by atoms with van der Waals surface area (Å²) in [5.74, 6) is 0.00384. The van der Waals surface area contributed by atoms with Gasteiger partial charge in [0.1, 0.15) is 18.2 Å². The molecule has 3 aromatic rings. The minimum absolute atomic E-state index is 0.0577. The number of sulfonamides is 1. The first-order valence-electron chi connectivity index (χ1n) is 11.5. The number of carbonyl (C=O) groups is 1. The summed E-state index contributed by atoms with van der Waals surface area (Å²) in [4.78, 5) is 17.3. The number of hydrogen-bond acceptors (Lipinski definition) is 5. The van der Waals surface area contributed by atoms with Crippen molar-refractivity contribution in [2.75, 3.05) is 44.2 Å². The van der Waals surface area contributed by atoms with Gasteiger partial charge in [0.15, 0.2) is 0 Å². The van der Waals surface area contributed by atoms with Crippen molar-refractivity contribution in [1.82, 2.24) is 9.21 Å². The maximum atomic E-state index is 13.6. The Morgan fingerprint density at radius 1 is 0.914 bits per heavy atom. The number of piperazine rings is 1. The van der Waals surface area contributed by atoms with Crippen LogP contribution in [-0.4, -0.2) is 62.9 Å². The maximum Gasteiger partial charge on any atom is 0.243 e. The van der Waals surface area contributed by atoms with E-state index in [1.54, 1.807) is 4.90 Å². The van der Waals surface area contributed by atoms with Crippen LogP contribution in [0.25, 0.3) is 0 Å². The molecule has 7 nitrogen and oxygen atoms in total. The molecule has 0 N–H and O–H groups in total. The number of carbonyl (C=O) groups excluding carboxylic acids is 1.